The van der Waals surface area contributed by atoms with Crippen LogP contribution in [0.2, 0.25) is 5.02 Å². The Kier molecular flexibility index (Phi) is 8.24. The van der Waals surface area contributed by atoms with Crippen LogP contribution in [0.5, 0.6) is 0 Å². The highest BCUT2D eigenvalue weighted by Crippen LogP contribution is 2.26. The Hall–Kier alpha value is -4.42. The molecule has 8 nitrogen and oxygen atoms in total. The summed E-state index contributed by atoms with van der Waals surface area (Å²) in [5.41, 5.74) is 3.60. The average molecular weight is 534 g/mol. The van der Waals surface area contributed by atoms with E-state index in [4.69, 9.17) is 26.6 Å². The fourth-order valence-electron chi connectivity index (χ4n) is 3.98. The standard InChI is InChI=1S/C28H25ClFN5O3/c1-3-38-27(36)12-13-35(21-9-10-23(30)22(29)15-21)28(37)19-6-11-25-24(14-19)33-26(34(25)2)17-32-20-7-4-18(16-31)5-8-20/h4-11,14-15,32H,3,12-13,17H2,1-2H3. The van der Waals surface area contributed by atoms with Crippen LogP contribution in [0.15, 0.2) is 60.7 Å². The topological polar surface area (TPSA) is 100 Å². The van der Waals surface area contributed by atoms with Gasteiger partial charge in [-0.2, -0.15) is 5.26 Å². The van der Waals surface area contributed by atoms with Gasteiger partial charge in [-0.25, -0.2) is 9.37 Å². The van der Waals surface area contributed by atoms with Crippen molar-refractivity contribution in [1.29, 1.82) is 5.26 Å². The van der Waals surface area contributed by atoms with E-state index in [2.05, 4.69) is 11.4 Å². The first kappa shape index (κ1) is 26.6. The van der Waals surface area contributed by atoms with Gasteiger partial charge in [-0.1, -0.05) is 11.6 Å². The van der Waals surface area contributed by atoms with Gasteiger partial charge in [-0.3, -0.25) is 9.59 Å². The molecule has 0 saturated carbocycles. The number of anilines is 2. The second-order valence-corrected chi connectivity index (χ2v) is 8.85. The first-order chi connectivity index (χ1) is 18.3. The second kappa shape index (κ2) is 11.8. The number of nitriles is 1. The minimum absolute atomic E-state index is 0.0274. The minimum atomic E-state index is -0.606. The Balaban J connectivity index is 1.59. The SMILES string of the molecule is CCOC(=O)CCN(C(=O)c1ccc2c(c1)nc(CNc1ccc(C#N)cc1)n2C)c1ccc(F)c(Cl)c1. The first-order valence-corrected chi connectivity index (χ1v) is 12.3. The summed E-state index contributed by atoms with van der Waals surface area (Å²) in [6.45, 7) is 2.39. The number of hydrogen-bond acceptors (Lipinski definition) is 6. The largest absolute Gasteiger partial charge is 0.466 e. The Morgan fingerprint density at radius 1 is 1.16 bits per heavy atom. The number of rotatable bonds is 9. The number of halogens is 2. The Labute approximate surface area is 224 Å². The zero-order valence-electron chi connectivity index (χ0n) is 20.9. The van der Waals surface area contributed by atoms with Crippen molar-refractivity contribution in [2.45, 2.75) is 19.9 Å². The van der Waals surface area contributed by atoms with Crippen molar-refractivity contribution in [3.63, 3.8) is 0 Å². The predicted molar refractivity (Wildman–Crippen MR) is 144 cm³/mol. The van der Waals surface area contributed by atoms with E-state index in [9.17, 15) is 14.0 Å². The lowest BCUT2D eigenvalue weighted by Gasteiger charge is -2.23. The van der Waals surface area contributed by atoms with Crippen LogP contribution in [0.1, 0.15) is 35.1 Å². The molecule has 0 aliphatic heterocycles. The fourth-order valence-corrected chi connectivity index (χ4v) is 4.15. The van der Waals surface area contributed by atoms with Crippen LogP contribution in [-0.4, -0.2) is 34.6 Å². The van der Waals surface area contributed by atoms with E-state index in [1.165, 1.54) is 23.1 Å². The van der Waals surface area contributed by atoms with Crippen LogP contribution in [0.4, 0.5) is 15.8 Å². The van der Waals surface area contributed by atoms with E-state index < -0.39 is 11.8 Å². The van der Waals surface area contributed by atoms with Gasteiger partial charge in [0.05, 0.1) is 47.3 Å². The maximum atomic E-state index is 13.8. The van der Waals surface area contributed by atoms with Crippen LogP contribution in [0.3, 0.4) is 0 Å². The third-order valence-corrected chi connectivity index (χ3v) is 6.28. The number of aromatic nitrogens is 2. The van der Waals surface area contributed by atoms with Crippen LogP contribution in [0.25, 0.3) is 11.0 Å². The zero-order valence-corrected chi connectivity index (χ0v) is 21.6. The van der Waals surface area contributed by atoms with Gasteiger partial charge in [0.2, 0.25) is 0 Å². The summed E-state index contributed by atoms with van der Waals surface area (Å²) in [4.78, 5) is 31.6. The molecule has 0 aliphatic rings. The van der Waals surface area contributed by atoms with E-state index in [-0.39, 0.29) is 30.5 Å². The number of ether oxygens (including phenoxy) is 1. The molecule has 10 heteroatoms. The van der Waals surface area contributed by atoms with E-state index in [1.54, 1.807) is 31.2 Å². The number of nitrogens with one attached hydrogen (secondary N) is 1. The molecule has 0 atom stereocenters. The fraction of sp³-hybridized carbons (Fsp3) is 0.214. The van der Waals surface area contributed by atoms with E-state index in [1.807, 2.05) is 29.8 Å². The van der Waals surface area contributed by atoms with E-state index in [0.29, 0.717) is 28.9 Å². The number of imidazole rings is 1. The van der Waals surface area contributed by atoms with Gasteiger partial charge in [-0.05, 0) is 67.6 Å². The molecule has 1 N–H and O–H groups in total. The zero-order chi connectivity index (χ0) is 27.2. The molecule has 4 rings (SSSR count). The highest BCUT2D eigenvalue weighted by atomic mass is 35.5. The van der Waals surface area contributed by atoms with Gasteiger partial charge in [0.1, 0.15) is 11.6 Å². The minimum Gasteiger partial charge on any atom is -0.466 e. The van der Waals surface area contributed by atoms with Crippen molar-refractivity contribution in [2.75, 3.05) is 23.4 Å². The summed E-state index contributed by atoms with van der Waals surface area (Å²) in [5.74, 6) is -0.691. The molecule has 194 valence electrons. The lowest BCUT2D eigenvalue weighted by molar-refractivity contribution is -0.142. The average Bonchev–Trinajstić information content (AvgIpc) is 3.24. The molecule has 4 aromatic rings. The number of amides is 1. The third kappa shape index (κ3) is 5.93. The molecule has 3 aromatic carbocycles. The third-order valence-electron chi connectivity index (χ3n) is 5.99. The highest BCUT2D eigenvalue weighted by molar-refractivity contribution is 6.31. The summed E-state index contributed by atoms with van der Waals surface area (Å²) >= 11 is 5.97. The second-order valence-electron chi connectivity index (χ2n) is 8.44. The quantitative estimate of drug-likeness (QED) is 0.287. The van der Waals surface area contributed by atoms with Crippen molar-refractivity contribution in [1.82, 2.24) is 9.55 Å². The highest BCUT2D eigenvalue weighted by Gasteiger charge is 2.21. The summed E-state index contributed by atoms with van der Waals surface area (Å²) < 4.78 is 20.7. The number of esters is 1. The van der Waals surface area contributed by atoms with Crippen molar-refractivity contribution in [3.8, 4) is 6.07 Å². The van der Waals surface area contributed by atoms with Crippen molar-refractivity contribution in [3.05, 3.63) is 88.5 Å². The molecule has 0 spiro atoms. The van der Waals surface area contributed by atoms with Crippen molar-refractivity contribution >= 4 is 45.9 Å². The number of aryl methyl sites for hydroxylation is 1. The lowest BCUT2D eigenvalue weighted by atomic mass is 10.1. The number of hydrogen-bond donors (Lipinski definition) is 1. The lowest BCUT2D eigenvalue weighted by Crippen LogP contribution is -2.33. The summed E-state index contributed by atoms with van der Waals surface area (Å²) in [6, 6.07) is 18.4. The van der Waals surface area contributed by atoms with Crippen LogP contribution >= 0.6 is 11.6 Å². The van der Waals surface area contributed by atoms with E-state index in [0.717, 1.165) is 17.0 Å². The molecular formula is C28H25ClFN5O3. The molecule has 0 bridgehead atoms. The van der Waals surface area contributed by atoms with Gasteiger partial charge in [0.15, 0.2) is 0 Å². The number of nitrogens with zero attached hydrogens (tertiary/aromatic N) is 4. The Bertz CT molecular complexity index is 1530. The predicted octanol–water partition coefficient (Wildman–Crippen LogP) is 5.45. The number of carbonyl (C=O) groups is 2. The van der Waals surface area contributed by atoms with Crippen LogP contribution < -0.4 is 10.2 Å². The van der Waals surface area contributed by atoms with Crippen molar-refractivity contribution < 1.29 is 18.7 Å². The van der Waals surface area contributed by atoms with Gasteiger partial charge < -0.3 is 19.5 Å². The molecular weight excluding hydrogens is 509 g/mol. The monoisotopic (exact) mass is 533 g/mol. The van der Waals surface area contributed by atoms with Gasteiger partial charge in [0, 0.05) is 30.5 Å². The van der Waals surface area contributed by atoms with E-state index >= 15 is 0 Å². The number of benzene rings is 3. The van der Waals surface area contributed by atoms with Crippen LogP contribution in [-0.2, 0) is 23.1 Å². The Morgan fingerprint density at radius 2 is 1.92 bits per heavy atom. The summed E-state index contributed by atoms with van der Waals surface area (Å²) in [5, 5.41) is 12.1. The molecule has 1 amide bonds. The number of carbonyl (C=O) groups excluding carboxylic acids is 2. The maximum absolute atomic E-state index is 13.8. The molecule has 0 saturated heterocycles. The molecule has 1 aromatic heterocycles. The maximum Gasteiger partial charge on any atom is 0.307 e. The molecule has 0 unspecified atom stereocenters. The number of fused-ring (bicyclic) bond motifs is 1. The molecule has 38 heavy (non-hydrogen) atoms. The molecule has 1 heterocycles. The summed E-state index contributed by atoms with van der Waals surface area (Å²) in [6.07, 6.45) is -0.0361. The Morgan fingerprint density at radius 3 is 2.61 bits per heavy atom. The first-order valence-electron chi connectivity index (χ1n) is 11.9. The van der Waals surface area contributed by atoms with Gasteiger partial charge in [-0.15, -0.1) is 0 Å². The van der Waals surface area contributed by atoms with Gasteiger partial charge in [0.25, 0.3) is 5.91 Å². The summed E-state index contributed by atoms with van der Waals surface area (Å²) in [7, 11) is 1.89. The molecule has 0 fully saturated rings. The molecule has 0 aliphatic carbocycles. The van der Waals surface area contributed by atoms with Crippen molar-refractivity contribution in [2.24, 2.45) is 7.05 Å². The smallest absolute Gasteiger partial charge is 0.307 e. The normalized spacial score (nSPS) is 10.7. The van der Waals surface area contributed by atoms with Gasteiger partial charge >= 0.3 is 5.97 Å². The molecule has 0 radical (unpaired) electrons. The van der Waals surface area contributed by atoms with Crippen LogP contribution in [0, 0.1) is 17.1 Å².